The predicted molar refractivity (Wildman–Crippen MR) is 67.7 cm³/mol. The van der Waals surface area contributed by atoms with Crippen LogP contribution in [-0.4, -0.2) is 42.6 Å². The Kier molecular flexibility index (Phi) is 6.36. The Bertz CT molecular complexity index is 263. The molecule has 0 aliphatic carbocycles. The van der Waals surface area contributed by atoms with E-state index in [0.29, 0.717) is 11.7 Å². The molecule has 0 aromatic carbocycles. The first-order valence-electron chi connectivity index (χ1n) is 5.82. The summed E-state index contributed by atoms with van der Waals surface area (Å²) in [6, 6.07) is 0.103. The number of nitrogens with two attached hydrogens (primary N) is 1. The number of hydrogen-bond donors (Lipinski definition) is 2. The van der Waals surface area contributed by atoms with E-state index >= 15 is 0 Å². The molecule has 0 aromatic heterocycles. The molecule has 0 bridgehead atoms. The second kappa shape index (κ2) is 7.55. The summed E-state index contributed by atoms with van der Waals surface area (Å²) in [6.45, 7) is 0. The van der Waals surface area contributed by atoms with Crippen molar-refractivity contribution in [3.8, 4) is 0 Å². The molecule has 0 spiro atoms. The van der Waals surface area contributed by atoms with Crippen molar-refractivity contribution in [2.45, 2.75) is 43.0 Å². The first-order valence-corrected chi connectivity index (χ1v) is 6.87. The van der Waals surface area contributed by atoms with Crippen LogP contribution in [0.5, 0.6) is 0 Å². The molecule has 98 valence electrons. The monoisotopic (exact) mass is 260 g/mol. The zero-order chi connectivity index (χ0) is 12.7. The normalized spacial score (nSPS) is 27.8. The molecule has 0 aromatic rings. The summed E-state index contributed by atoms with van der Waals surface area (Å²) >= 11 is 1.80. The molecule has 1 heterocycles. The zero-order valence-corrected chi connectivity index (χ0v) is 10.9. The Morgan fingerprint density at radius 1 is 1.59 bits per heavy atom. The first-order chi connectivity index (χ1) is 8.19. The maximum Gasteiger partial charge on any atom is 0.305 e. The smallest absolute Gasteiger partial charge is 0.305 e. The average Bonchev–Trinajstić information content (AvgIpc) is 2.67. The SMILES string of the molecule is COC(=O)CCCCC1SCC(N)C1NC=O. The lowest BCUT2D eigenvalue weighted by molar-refractivity contribution is -0.140. The van der Waals surface area contributed by atoms with Crippen LogP contribution in [0.2, 0.25) is 0 Å². The summed E-state index contributed by atoms with van der Waals surface area (Å²) in [6.07, 6.45) is 3.94. The van der Waals surface area contributed by atoms with Gasteiger partial charge in [-0.05, 0) is 12.8 Å². The van der Waals surface area contributed by atoms with Gasteiger partial charge in [-0.25, -0.2) is 0 Å². The highest BCUT2D eigenvalue weighted by Crippen LogP contribution is 2.30. The molecule has 6 heteroatoms. The van der Waals surface area contributed by atoms with Gasteiger partial charge >= 0.3 is 5.97 Å². The maximum atomic E-state index is 10.9. The van der Waals surface area contributed by atoms with Crippen molar-refractivity contribution in [2.75, 3.05) is 12.9 Å². The molecule has 5 nitrogen and oxygen atoms in total. The van der Waals surface area contributed by atoms with Gasteiger partial charge in [0.1, 0.15) is 0 Å². The Hall–Kier alpha value is -0.750. The van der Waals surface area contributed by atoms with Crippen LogP contribution >= 0.6 is 11.8 Å². The van der Waals surface area contributed by atoms with Crippen LogP contribution in [-0.2, 0) is 14.3 Å². The van der Waals surface area contributed by atoms with E-state index in [-0.39, 0.29) is 18.1 Å². The van der Waals surface area contributed by atoms with Gasteiger partial charge in [0.2, 0.25) is 6.41 Å². The van der Waals surface area contributed by atoms with Gasteiger partial charge in [0.05, 0.1) is 13.2 Å². The standard InChI is InChI=1S/C11H20N2O3S/c1-16-10(15)5-3-2-4-9-11(13-7-14)8(12)6-17-9/h7-9,11H,2-6,12H2,1H3,(H,13,14). The van der Waals surface area contributed by atoms with Gasteiger partial charge in [0.15, 0.2) is 0 Å². The minimum Gasteiger partial charge on any atom is -0.469 e. The number of nitrogens with one attached hydrogen (secondary N) is 1. The number of esters is 1. The number of thioether (sulfide) groups is 1. The number of amides is 1. The van der Waals surface area contributed by atoms with Gasteiger partial charge in [-0.2, -0.15) is 11.8 Å². The number of rotatable bonds is 7. The highest BCUT2D eigenvalue weighted by Gasteiger charge is 2.33. The molecule has 3 unspecified atom stereocenters. The molecule has 0 radical (unpaired) electrons. The average molecular weight is 260 g/mol. The molecule has 3 N–H and O–H groups in total. The Balaban J connectivity index is 2.21. The highest BCUT2D eigenvalue weighted by molar-refractivity contribution is 8.00. The van der Waals surface area contributed by atoms with Gasteiger partial charge < -0.3 is 15.8 Å². The lowest BCUT2D eigenvalue weighted by Gasteiger charge is -2.20. The Morgan fingerprint density at radius 2 is 2.35 bits per heavy atom. The van der Waals surface area contributed by atoms with Gasteiger partial charge in [0, 0.05) is 23.5 Å². The summed E-state index contributed by atoms with van der Waals surface area (Å²) in [7, 11) is 1.40. The summed E-state index contributed by atoms with van der Waals surface area (Å²) < 4.78 is 4.58. The molecule has 0 saturated carbocycles. The Morgan fingerprint density at radius 3 is 3.00 bits per heavy atom. The molecular weight excluding hydrogens is 240 g/mol. The summed E-state index contributed by atoms with van der Waals surface area (Å²) in [5.74, 6) is 0.719. The van der Waals surface area contributed by atoms with Crippen molar-refractivity contribution in [3.05, 3.63) is 0 Å². The molecule has 1 aliphatic heterocycles. The number of methoxy groups -OCH3 is 1. The van der Waals surface area contributed by atoms with Crippen molar-refractivity contribution >= 4 is 24.1 Å². The van der Waals surface area contributed by atoms with E-state index in [2.05, 4.69) is 10.1 Å². The zero-order valence-electron chi connectivity index (χ0n) is 10.1. The van der Waals surface area contributed by atoms with E-state index < -0.39 is 0 Å². The highest BCUT2D eigenvalue weighted by atomic mass is 32.2. The fraction of sp³-hybridized carbons (Fsp3) is 0.818. The van der Waals surface area contributed by atoms with Crippen molar-refractivity contribution in [1.82, 2.24) is 5.32 Å². The van der Waals surface area contributed by atoms with E-state index in [1.165, 1.54) is 7.11 Å². The van der Waals surface area contributed by atoms with Crippen molar-refractivity contribution in [2.24, 2.45) is 5.73 Å². The van der Waals surface area contributed by atoms with E-state index in [9.17, 15) is 9.59 Å². The molecule has 17 heavy (non-hydrogen) atoms. The number of hydrogen-bond acceptors (Lipinski definition) is 5. The van der Waals surface area contributed by atoms with E-state index in [4.69, 9.17) is 5.73 Å². The molecule has 1 aliphatic rings. The molecule has 3 atom stereocenters. The van der Waals surface area contributed by atoms with E-state index in [1.54, 1.807) is 11.8 Å². The van der Waals surface area contributed by atoms with Crippen LogP contribution in [0, 0.1) is 0 Å². The summed E-state index contributed by atoms with van der Waals surface area (Å²) in [5, 5.41) is 3.16. The van der Waals surface area contributed by atoms with E-state index in [0.717, 1.165) is 31.4 Å². The van der Waals surface area contributed by atoms with Gasteiger partial charge in [0.25, 0.3) is 0 Å². The fourth-order valence-corrected chi connectivity index (χ4v) is 3.50. The quantitative estimate of drug-likeness (QED) is 0.390. The van der Waals surface area contributed by atoms with Gasteiger partial charge in [-0.3, -0.25) is 9.59 Å². The van der Waals surface area contributed by atoms with Crippen LogP contribution in [0.3, 0.4) is 0 Å². The van der Waals surface area contributed by atoms with Crippen molar-refractivity contribution in [1.29, 1.82) is 0 Å². The molecule has 1 saturated heterocycles. The maximum absolute atomic E-state index is 10.9. The van der Waals surface area contributed by atoms with Crippen molar-refractivity contribution < 1.29 is 14.3 Å². The second-order valence-electron chi connectivity index (χ2n) is 4.17. The molecule has 1 fully saturated rings. The number of carbonyl (C=O) groups is 2. The molecule has 1 amide bonds. The summed E-state index contributed by atoms with van der Waals surface area (Å²) in [4.78, 5) is 21.4. The number of unbranched alkanes of at least 4 members (excludes halogenated alkanes) is 1. The predicted octanol–water partition coefficient (Wildman–Crippen LogP) is 0.277. The third-order valence-electron chi connectivity index (χ3n) is 2.97. The topological polar surface area (TPSA) is 81.4 Å². The van der Waals surface area contributed by atoms with Crippen LogP contribution in [0.1, 0.15) is 25.7 Å². The Labute approximate surface area is 106 Å². The van der Waals surface area contributed by atoms with Crippen LogP contribution in [0.25, 0.3) is 0 Å². The minimum absolute atomic E-state index is 0.0378. The third-order valence-corrected chi connectivity index (χ3v) is 4.51. The third kappa shape index (κ3) is 4.55. The first kappa shape index (κ1) is 14.3. The second-order valence-corrected chi connectivity index (χ2v) is 5.44. The van der Waals surface area contributed by atoms with Crippen molar-refractivity contribution in [3.63, 3.8) is 0 Å². The van der Waals surface area contributed by atoms with Gasteiger partial charge in [-0.1, -0.05) is 6.42 Å². The largest absolute Gasteiger partial charge is 0.469 e. The lowest BCUT2D eigenvalue weighted by atomic mass is 10.0. The summed E-state index contributed by atoms with van der Waals surface area (Å²) in [5.41, 5.74) is 5.91. The van der Waals surface area contributed by atoms with Gasteiger partial charge in [-0.15, -0.1) is 0 Å². The molecule has 1 rings (SSSR count). The van der Waals surface area contributed by atoms with Crippen LogP contribution in [0.4, 0.5) is 0 Å². The number of carbonyl (C=O) groups excluding carboxylic acids is 2. The lowest BCUT2D eigenvalue weighted by Crippen LogP contribution is -2.46. The minimum atomic E-state index is -0.164. The van der Waals surface area contributed by atoms with Crippen LogP contribution in [0.15, 0.2) is 0 Å². The van der Waals surface area contributed by atoms with E-state index in [1.807, 2.05) is 0 Å². The fourth-order valence-electron chi connectivity index (χ4n) is 2.01. The molecular formula is C11H20N2O3S. The number of ether oxygens (including phenoxy) is 1. The van der Waals surface area contributed by atoms with Crippen LogP contribution < -0.4 is 11.1 Å².